The molecule has 0 radical (unpaired) electrons. The molecule has 2 N–H and O–H groups in total. The van der Waals surface area contributed by atoms with Crippen molar-refractivity contribution in [1.29, 1.82) is 0 Å². The number of hydrogen-bond donors (Lipinski definition) is 2. The molecule has 1 atom stereocenters. The molecule has 1 heterocycles. The van der Waals surface area contributed by atoms with Crippen LogP contribution in [0.25, 0.3) is 0 Å². The van der Waals surface area contributed by atoms with E-state index in [-0.39, 0.29) is 17.9 Å². The Kier molecular flexibility index (Phi) is 3.95. The fourth-order valence-electron chi connectivity index (χ4n) is 2.08. The van der Waals surface area contributed by atoms with Crippen molar-refractivity contribution in [3.8, 4) is 0 Å². The van der Waals surface area contributed by atoms with Gasteiger partial charge in [-0.25, -0.2) is 22.0 Å². The van der Waals surface area contributed by atoms with Gasteiger partial charge in [-0.2, -0.15) is 0 Å². The van der Waals surface area contributed by atoms with Gasteiger partial charge in [0.05, 0.1) is 22.6 Å². The summed E-state index contributed by atoms with van der Waals surface area (Å²) in [5.41, 5.74) is -1.24. The molecule has 0 spiro atoms. The molecule has 9 heteroatoms. The van der Waals surface area contributed by atoms with E-state index < -0.39 is 50.5 Å². The summed E-state index contributed by atoms with van der Waals surface area (Å²) in [5.74, 6) is -5.62. The van der Waals surface area contributed by atoms with Crippen LogP contribution in [0.15, 0.2) is 12.1 Å². The van der Waals surface area contributed by atoms with Crippen LogP contribution in [0.1, 0.15) is 27.1 Å². The number of rotatable bonds is 3. The number of benzene rings is 1. The van der Waals surface area contributed by atoms with Gasteiger partial charge < -0.3 is 10.4 Å². The molecule has 114 valence electrons. The molecular weight excluding hydrogens is 308 g/mol. The van der Waals surface area contributed by atoms with Crippen LogP contribution in [-0.4, -0.2) is 42.9 Å². The van der Waals surface area contributed by atoms with Gasteiger partial charge in [-0.1, -0.05) is 0 Å². The van der Waals surface area contributed by atoms with E-state index in [0.717, 1.165) is 0 Å². The summed E-state index contributed by atoms with van der Waals surface area (Å²) in [6.45, 7) is 0. The number of carboxylic acid groups (broad SMARTS) is 1. The maximum absolute atomic E-state index is 13.2. The van der Waals surface area contributed by atoms with Crippen molar-refractivity contribution in [3.05, 3.63) is 34.9 Å². The highest BCUT2D eigenvalue weighted by Gasteiger charge is 2.30. The predicted octanol–water partition coefficient (Wildman–Crippen LogP) is 0.580. The predicted molar refractivity (Wildman–Crippen MR) is 67.8 cm³/mol. The second-order valence-corrected chi connectivity index (χ2v) is 6.92. The zero-order valence-electron chi connectivity index (χ0n) is 10.6. The summed E-state index contributed by atoms with van der Waals surface area (Å²) in [6.07, 6.45) is 0.195. The van der Waals surface area contributed by atoms with Crippen LogP contribution in [0.4, 0.5) is 8.78 Å². The van der Waals surface area contributed by atoms with Crippen LogP contribution in [0.2, 0.25) is 0 Å². The largest absolute Gasteiger partial charge is 0.478 e. The third kappa shape index (κ3) is 3.35. The maximum Gasteiger partial charge on any atom is 0.336 e. The van der Waals surface area contributed by atoms with E-state index in [1.165, 1.54) is 0 Å². The van der Waals surface area contributed by atoms with Gasteiger partial charge in [0.15, 0.2) is 21.5 Å². The SMILES string of the molecule is O=C(O)c1cc(F)c(F)cc1C(=O)NC1CCS(=O)(=O)C1. The van der Waals surface area contributed by atoms with Crippen LogP contribution in [0.5, 0.6) is 0 Å². The van der Waals surface area contributed by atoms with Gasteiger partial charge in [-0.15, -0.1) is 0 Å². The van der Waals surface area contributed by atoms with E-state index in [4.69, 9.17) is 5.11 Å². The number of carboxylic acids is 1. The van der Waals surface area contributed by atoms with Gasteiger partial charge in [0, 0.05) is 6.04 Å². The molecule has 1 aromatic carbocycles. The minimum Gasteiger partial charge on any atom is -0.478 e. The van der Waals surface area contributed by atoms with Gasteiger partial charge in [-0.05, 0) is 18.6 Å². The highest BCUT2D eigenvalue weighted by Crippen LogP contribution is 2.17. The molecular formula is C12H11F2NO5S. The summed E-state index contributed by atoms with van der Waals surface area (Å²) < 4.78 is 48.8. The molecule has 1 unspecified atom stereocenters. The highest BCUT2D eigenvalue weighted by atomic mass is 32.2. The van der Waals surface area contributed by atoms with E-state index >= 15 is 0 Å². The van der Waals surface area contributed by atoms with Crippen molar-refractivity contribution < 1.29 is 31.9 Å². The van der Waals surface area contributed by atoms with Gasteiger partial charge in [-0.3, -0.25) is 4.79 Å². The number of amides is 1. The lowest BCUT2D eigenvalue weighted by molar-refractivity contribution is 0.0689. The quantitative estimate of drug-likeness (QED) is 0.849. The van der Waals surface area contributed by atoms with Crippen molar-refractivity contribution in [1.82, 2.24) is 5.32 Å². The van der Waals surface area contributed by atoms with Crippen LogP contribution >= 0.6 is 0 Å². The van der Waals surface area contributed by atoms with Crippen molar-refractivity contribution in [2.45, 2.75) is 12.5 Å². The minimum atomic E-state index is -3.23. The van der Waals surface area contributed by atoms with E-state index in [0.29, 0.717) is 12.1 Å². The Morgan fingerprint density at radius 1 is 1.19 bits per heavy atom. The molecule has 0 aliphatic carbocycles. The zero-order chi connectivity index (χ0) is 15.8. The lowest BCUT2D eigenvalue weighted by Gasteiger charge is -2.12. The minimum absolute atomic E-state index is 0.0818. The Morgan fingerprint density at radius 3 is 2.24 bits per heavy atom. The molecule has 0 aromatic heterocycles. The van der Waals surface area contributed by atoms with Crippen molar-refractivity contribution >= 4 is 21.7 Å². The molecule has 2 rings (SSSR count). The topological polar surface area (TPSA) is 101 Å². The van der Waals surface area contributed by atoms with E-state index in [2.05, 4.69) is 5.32 Å². The Morgan fingerprint density at radius 2 is 1.76 bits per heavy atom. The normalized spacial score (nSPS) is 20.2. The lowest BCUT2D eigenvalue weighted by Crippen LogP contribution is -2.36. The van der Waals surface area contributed by atoms with E-state index in [1.807, 2.05) is 0 Å². The molecule has 6 nitrogen and oxygen atoms in total. The highest BCUT2D eigenvalue weighted by molar-refractivity contribution is 7.91. The van der Waals surface area contributed by atoms with Crippen LogP contribution in [0.3, 0.4) is 0 Å². The van der Waals surface area contributed by atoms with Gasteiger partial charge in [0.2, 0.25) is 0 Å². The number of sulfone groups is 1. The summed E-state index contributed by atoms with van der Waals surface area (Å²) in [5, 5.41) is 11.2. The third-order valence-corrected chi connectivity index (χ3v) is 4.87. The molecule has 1 aliphatic heterocycles. The summed E-state index contributed by atoms with van der Waals surface area (Å²) in [7, 11) is -3.23. The standard InChI is InChI=1S/C12H11F2NO5S/c13-9-3-7(8(12(17)18)4-10(9)14)11(16)15-6-1-2-21(19,20)5-6/h3-4,6H,1-2,5H2,(H,15,16)(H,17,18). The lowest BCUT2D eigenvalue weighted by atomic mass is 10.1. The monoisotopic (exact) mass is 319 g/mol. The van der Waals surface area contributed by atoms with E-state index in [1.54, 1.807) is 0 Å². The van der Waals surface area contributed by atoms with Crippen molar-refractivity contribution in [2.75, 3.05) is 11.5 Å². The zero-order valence-corrected chi connectivity index (χ0v) is 11.4. The summed E-state index contributed by atoms with van der Waals surface area (Å²) in [4.78, 5) is 22.9. The first kappa shape index (κ1) is 15.4. The fourth-order valence-corrected chi connectivity index (χ4v) is 3.76. The second kappa shape index (κ2) is 5.40. The van der Waals surface area contributed by atoms with Crippen LogP contribution in [-0.2, 0) is 9.84 Å². The van der Waals surface area contributed by atoms with Crippen LogP contribution in [0, 0.1) is 11.6 Å². The van der Waals surface area contributed by atoms with Crippen LogP contribution < -0.4 is 5.32 Å². The Balaban J connectivity index is 2.27. The first-order valence-electron chi connectivity index (χ1n) is 5.93. The average molecular weight is 319 g/mol. The maximum atomic E-state index is 13.2. The number of hydrogen-bond acceptors (Lipinski definition) is 4. The average Bonchev–Trinajstić information content (AvgIpc) is 2.71. The molecule has 1 fully saturated rings. The number of carbonyl (C=O) groups excluding carboxylic acids is 1. The number of carbonyl (C=O) groups is 2. The number of halogens is 2. The van der Waals surface area contributed by atoms with Crippen molar-refractivity contribution in [3.63, 3.8) is 0 Å². The first-order valence-corrected chi connectivity index (χ1v) is 7.75. The number of aromatic carboxylic acids is 1. The molecule has 0 saturated carbocycles. The number of nitrogens with one attached hydrogen (secondary N) is 1. The third-order valence-electron chi connectivity index (χ3n) is 3.10. The molecule has 1 aliphatic rings. The summed E-state index contributed by atoms with van der Waals surface area (Å²) in [6, 6.07) is 0.229. The second-order valence-electron chi connectivity index (χ2n) is 4.69. The molecule has 1 aromatic rings. The van der Waals surface area contributed by atoms with Crippen molar-refractivity contribution in [2.24, 2.45) is 0 Å². The molecule has 0 bridgehead atoms. The smallest absolute Gasteiger partial charge is 0.336 e. The molecule has 1 saturated heterocycles. The summed E-state index contributed by atoms with van der Waals surface area (Å²) >= 11 is 0. The molecule has 21 heavy (non-hydrogen) atoms. The van der Waals surface area contributed by atoms with Gasteiger partial charge in [0.1, 0.15) is 0 Å². The van der Waals surface area contributed by atoms with Gasteiger partial charge in [0.25, 0.3) is 5.91 Å². The van der Waals surface area contributed by atoms with E-state index in [9.17, 15) is 26.8 Å². The Labute approximate surface area is 118 Å². The van der Waals surface area contributed by atoms with Gasteiger partial charge >= 0.3 is 5.97 Å². The first-order chi connectivity index (χ1) is 9.69. The molecule has 1 amide bonds. The Bertz CT molecular complexity index is 717. The Hall–Kier alpha value is -2.03. The fraction of sp³-hybridized carbons (Fsp3) is 0.333.